The van der Waals surface area contributed by atoms with Gasteiger partial charge in [0.25, 0.3) is 5.91 Å². The second kappa shape index (κ2) is 6.38. The van der Waals surface area contributed by atoms with E-state index < -0.39 is 29.5 Å². The molecule has 0 atom stereocenters. The highest BCUT2D eigenvalue weighted by Gasteiger charge is 2.29. The largest absolute Gasteiger partial charge is 0.482 e. The van der Waals surface area contributed by atoms with Gasteiger partial charge in [-0.25, -0.2) is 0 Å². The highest BCUT2D eigenvalue weighted by molar-refractivity contribution is 6.03. The molecule has 0 saturated heterocycles. The summed E-state index contributed by atoms with van der Waals surface area (Å²) in [7, 11) is 0. The zero-order valence-corrected chi connectivity index (χ0v) is 11.3. The fourth-order valence-corrected chi connectivity index (χ4v) is 1.59. The molecule has 0 saturated carbocycles. The highest BCUT2D eigenvalue weighted by Crippen LogP contribution is 2.27. The molecule has 7 nitrogen and oxygen atoms in total. The van der Waals surface area contributed by atoms with Gasteiger partial charge in [0.05, 0.1) is 11.8 Å². The molecule has 0 bridgehead atoms. The number of benzene rings is 1. The van der Waals surface area contributed by atoms with Gasteiger partial charge in [-0.2, -0.15) is 13.2 Å². The fraction of sp³-hybridized carbons (Fsp3) is 0.154. The van der Waals surface area contributed by atoms with Gasteiger partial charge in [-0.3, -0.25) is 14.9 Å². The first-order valence-corrected chi connectivity index (χ1v) is 6.10. The number of anilines is 1. The van der Waals surface area contributed by atoms with Gasteiger partial charge in [-0.1, -0.05) is 12.1 Å². The highest BCUT2D eigenvalue weighted by atomic mass is 19.4. The van der Waals surface area contributed by atoms with E-state index in [-0.39, 0.29) is 17.2 Å². The SMILES string of the molecule is O=C(Nc1ccccc1OCC(F)(F)F)c1ccc([N+](=O)[O-])o1. The summed E-state index contributed by atoms with van der Waals surface area (Å²) in [6, 6.07) is 7.53. The number of carbonyl (C=O) groups excluding carboxylic acids is 1. The molecular formula is C13H9F3N2O5. The maximum atomic E-state index is 12.2. The van der Waals surface area contributed by atoms with Crippen LogP contribution in [-0.4, -0.2) is 23.6 Å². The van der Waals surface area contributed by atoms with Crippen LogP contribution in [0.2, 0.25) is 0 Å². The molecule has 0 spiro atoms. The molecular weight excluding hydrogens is 321 g/mol. The van der Waals surface area contributed by atoms with Crippen molar-refractivity contribution >= 4 is 17.5 Å². The number of nitrogens with one attached hydrogen (secondary N) is 1. The van der Waals surface area contributed by atoms with Crippen molar-refractivity contribution in [3.05, 3.63) is 52.3 Å². The predicted molar refractivity (Wildman–Crippen MR) is 71.3 cm³/mol. The smallest absolute Gasteiger partial charge is 0.433 e. The van der Waals surface area contributed by atoms with Gasteiger partial charge in [0.15, 0.2) is 12.4 Å². The summed E-state index contributed by atoms with van der Waals surface area (Å²) >= 11 is 0. The van der Waals surface area contributed by atoms with Crippen LogP contribution in [0.4, 0.5) is 24.7 Å². The molecule has 1 amide bonds. The number of nitro groups is 1. The average molecular weight is 330 g/mol. The Hall–Kier alpha value is -3.04. The predicted octanol–water partition coefficient (Wildman–Crippen LogP) is 3.38. The Morgan fingerprint density at radius 1 is 1.26 bits per heavy atom. The van der Waals surface area contributed by atoms with Crippen LogP contribution in [0.25, 0.3) is 0 Å². The number of hydrogen-bond acceptors (Lipinski definition) is 5. The third kappa shape index (κ3) is 4.46. The lowest BCUT2D eigenvalue weighted by molar-refractivity contribution is -0.402. The van der Waals surface area contributed by atoms with E-state index >= 15 is 0 Å². The molecule has 0 aliphatic rings. The minimum Gasteiger partial charge on any atom is -0.482 e. The lowest BCUT2D eigenvalue weighted by Crippen LogP contribution is -2.20. The summed E-state index contributed by atoms with van der Waals surface area (Å²) in [5.41, 5.74) is -0.0270. The van der Waals surface area contributed by atoms with Crippen molar-refractivity contribution in [2.75, 3.05) is 11.9 Å². The fourth-order valence-electron chi connectivity index (χ4n) is 1.59. The molecule has 1 aromatic heterocycles. The van der Waals surface area contributed by atoms with Crippen LogP contribution >= 0.6 is 0 Å². The van der Waals surface area contributed by atoms with Crippen LogP contribution in [0.3, 0.4) is 0 Å². The number of amides is 1. The maximum absolute atomic E-state index is 12.2. The number of alkyl halides is 3. The monoisotopic (exact) mass is 330 g/mol. The van der Waals surface area contributed by atoms with Gasteiger partial charge in [-0.05, 0) is 18.2 Å². The van der Waals surface area contributed by atoms with Crippen molar-refractivity contribution in [1.29, 1.82) is 0 Å². The van der Waals surface area contributed by atoms with E-state index in [1.165, 1.54) is 24.3 Å². The molecule has 10 heteroatoms. The van der Waals surface area contributed by atoms with E-state index in [4.69, 9.17) is 4.42 Å². The average Bonchev–Trinajstić information content (AvgIpc) is 2.95. The standard InChI is InChI=1S/C13H9F3N2O5/c14-13(15,16)7-22-9-4-2-1-3-8(9)17-12(19)10-5-6-11(23-10)18(20)21/h1-6H,7H2,(H,17,19). The minimum atomic E-state index is -4.53. The first kappa shape index (κ1) is 16.3. The van der Waals surface area contributed by atoms with E-state index in [0.717, 1.165) is 12.1 Å². The van der Waals surface area contributed by atoms with Crippen molar-refractivity contribution in [1.82, 2.24) is 0 Å². The van der Waals surface area contributed by atoms with Gasteiger partial charge in [0.1, 0.15) is 10.7 Å². The number of nitrogens with zero attached hydrogens (tertiary/aromatic N) is 1. The van der Waals surface area contributed by atoms with Crippen LogP contribution in [0.1, 0.15) is 10.6 Å². The molecule has 1 aromatic carbocycles. The van der Waals surface area contributed by atoms with Crippen molar-refractivity contribution in [3.63, 3.8) is 0 Å². The topological polar surface area (TPSA) is 94.6 Å². The minimum absolute atomic E-state index is 0.0270. The Labute approximate surface area is 126 Å². The summed E-state index contributed by atoms with van der Waals surface area (Å²) in [5, 5.41) is 12.7. The molecule has 0 aliphatic carbocycles. The van der Waals surface area contributed by atoms with Gasteiger partial charge >= 0.3 is 12.1 Å². The zero-order valence-electron chi connectivity index (χ0n) is 11.3. The third-order valence-electron chi connectivity index (χ3n) is 2.52. The van der Waals surface area contributed by atoms with Crippen LogP contribution in [0.5, 0.6) is 5.75 Å². The first-order chi connectivity index (χ1) is 10.8. The van der Waals surface area contributed by atoms with Crippen LogP contribution in [0, 0.1) is 10.1 Å². The number of para-hydroxylation sites is 2. The van der Waals surface area contributed by atoms with E-state index in [0.29, 0.717) is 0 Å². The molecule has 0 fully saturated rings. The molecule has 0 aliphatic heterocycles. The summed E-state index contributed by atoms with van der Waals surface area (Å²) in [6.45, 7) is -1.52. The van der Waals surface area contributed by atoms with Gasteiger partial charge in [0.2, 0.25) is 0 Å². The van der Waals surface area contributed by atoms with Crippen molar-refractivity contribution in [2.45, 2.75) is 6.18 Å². The number of carbonyl (C=O) groups is 1. The Morgan fingerprint density at radius 3 is 2.57 bits per heavy atom. The molecule has 1 heterocycles. The lowest BCUT2D eigenvalue weighted by atomic mass is 10.3. The number of halogens is 3. The summed E-state index contributed by atoms with van der Waals surface area (Å²) in [4.78, 5) is 21.6. The summed E-state index contributed by atoms with van der Waals surface area (Å²) in [6.07, 6.45) is -4.53. The number of rotatable bonds is 5. The molecule has 0 unspecified atom stereocenters. The Morgan fingerprint density at radius 2 is 1.96 bits per heavy atom. The summed E-state index contributed by atoms with van der Waals surface area (Å²) < 4.78 is 45.9. The normalized spacial score (nSPS) is 11.1. The second-order valence-corrected chi connectivity index (χ2v) is 4.25. The molecule has 2 rings (SSSR count). The van der Waals surface area contributed by atoms with E-state index in [1.807, 2.05) is 0 Å². The van der Waals surface area contributed by atoms with E-state index in [2.05, 4.69) is 10.1 Å². The molecule has 1 N–H and O–H groups in total. The number of furan rings is 1. The van der Waals surface area contributed by atoms with Crippen molar-refractivity contribution in [2.24, 2.45) is 0 Å². The van der Waals surface area contributed by atoms with E-state index in [1.54, 1.807) is 0 Å². The first-order valence-electron chi connectivity index (χ1n) is 6.10. The van der Waals surface area contributed by atoms with Crippen molar-refractivity contribution in [3.8, 4) is 5.75 Å². The Bertz CT molecular complexity index is 726. The van der Waals surface area contributed by atoms with Crippen LogP contribution < -0.4 is 10.1 Å². The molecule has 0 radical (unpaired) electrons. The molecule has 23 heavy (non-hydrogen) atoms. The maximum Gasteiger partial charge on any atom is 0.433 e. The van der Waals surface area contributed by atoms with Crippen LogP contribution in [-0.2, 0) is 0 Å². The Balaban J connectivity index is 2.12. The quantitative estimate of drug-likeness (QED) is 0.670. The Kier molecular flexibility index (Phi) is 4.53. The van der Waals surface area contributed by atoms with Gasteiger partial charge in [0, 0.05) is 0 Å². The van der Waals surface area contributed by atoms with Crippen molar-refractivity contribution < 1.29 is 32.0 Å². The lowest BCUT2D eigenvalue weighted by Gasteiger charge is -2.13. The van der Waals surface area contributed by atoms with Gasteiger partial charge in [-0.15, -0.1) is 0 Å². The third-order valence-corrected chi connectivity index (χ3v) is 2.52. The second-order valence-electron chi connectivity index (χ2n) is 4.25. The number of hydrogen-bond donors (Lipinski definition) is 1. The molecule has 2 aromatic rings. The zero-order chi connectivity index (χ0) is 17.0. The van der Waals surface area contributed by atoms with E-state index in [9.17, 15) is 28.1 Å². The molecule has 122 valence electrons. The van der Waals surface area contributed by atoms with Gasteiger partial charge < -0.3 is 14.5 Å². The van der Waals surface area contributed by atoms with Crippen LogP contribution in [0.15, 0.2) is 40.8 Å². The number of ether oxygens (including phenoxy) is 1. The summed E-state index contributed by atoms with van der Waals surface area (Å²) in [5.74, 6) is -2.04.